The molecule has 0 saturated carbocycles. The Kier molecular flexibility index (Phi) is 5.64. The van der Waals surface area contributed by atoms with Crippen LogP contribution in [-0.2, 0) is 27.7 Å². The first kappa shape index (κ1) is 20.9. The van der Waals surface area contributed by atoms with Crippen molar-refractivity contribution < 1.29 is 0 Å². The summed E-state index contributed by atoms with van der Waals surface area (Å²) in [6.45, 7) is 3.01. The first-order chi connectivity index (χ1) is 14.9. The van der Waals surface area contributed by atoms with Crippen molar-refractivity contribution in [3.63, 3.8) is 0 Å². The van der Waals surface area contributed by atoms with E-state index in [-0.39, 0.29) is 5.56 Å². The Morgan fingerprint density at radius 2 is 1.81 bits per heavy atom. The maximum Gasteiger partial charge on any atom is 0.332 e. The van der Waals surface area contributed by atoms with Gasteiger partial charge in [-0.05, 0) is 12.0 Å². The Labute approximate surface area is 182 Å². The molecule has 3 aromatic heterocycles. The number of anilines is 1. The largest absolute Gasteiger partial charge is 0.332 e. The average Bonchev–Trinajstić information content (AvgIpc) is 3.34. The lowest BCUT2D eigenvalue weighted by atomic mass is 10.2. The molecule has 0 saturated heterocycles. The van der Waals surface area contributed by atoms with Crippen molar-refractivity contribution in [2.75, 3.05) is 5.43 Å². The number of aryl methyl sites for hydroxylation is 2. The smallest absolute Gasteiger partial charge is 0.315 e. The van der Waals surface area contributed by atoms with E-state index in [4.69, 9.17) is 0 Å². The fraction of sp³-hybridized carbons (Fsp3) is 0.333. The fourth-order valence-electron chi connectivity index (χ4n) is 3.51. The quantitative estimate of drug-likeness (QED) is 0.467. The molecule has 31 heavy (non-hydrogen) atoms. The zero-order valence-corrected chi connectivity index (χ0v) is 18.8. The van der Waals surface area contributed by atoms with E-state index in [2.05, 4.69) is 44.5 Å². The van der Waals surface area contributed by atoms with Gasteiger partial charge in [-0.2, -0.15) is 4.98 Å². The lowest BCUT2D eigenvalue weighted by Gasteiger charge is -2.08. The summed E-state index contributed by atoms with van der Waals surface area (Å²) in [6, 6.07) is 10.2. The summed E-state index contributed by atoms with van der Waals surface area (Å²) in [5.74, 6) is 0.394. The van der Waals surface area contributed by atoms with Gasteiger partial charge in [0.25, 0.3) is 5.56 Å². The highest BCUT2D eigenvalue weighted by Crippen LogP contribution is 2.20. The van der Waals surface area contributed by atoms with Crippen LogP contribution in [0, 0.1) is 0 Å². The molecule has 162 valence electrons. The SMILES string of the molecule is CCCCn1c(-c2ccccc2)cs/c1=N\Nc1nc2c(c(=O)n(C)c(=O)n2C)n1C. The molecule has 0 atom stereocenters. The molecule has 0 amide bonds. The Bertz CT molecular complexity index is 1420. The van der Waals surface area contributed by atoms with E-state index in [1.165, 1.54) is 11.6 Å². The number of aromatic nitrogens is 5. The Morgan fingerprint density at radius 1 is 1.06 bits per heavy atom. The summed E-state index contributed by atoms with van der Waals surface area (Å²) in [5, 5.41) is 6.68. The number of rotatable bonds is 6. The van der Waals surface area contributed by atoms with Gasteiger partial charge in [0.15, 0.2) is 11.2 Å². The molecule has 0 bridgehead atoms. The Morgan fingerprint density at radius 3 is 2.52 bits per heavy atom. The van der Waals surface area contributed by atoms with Gasteiger partial charge >= 0.3 is 5.69 Å². The monoisotopic (exact) mass is 439 g/mol. The summed E-state index contributed by atoms with van der Waals surface area (Å²) in [4.78, 5) is 30.0. The minimum Gasteiger partial charge on any atom is -0.315 e. The standard InChI is InChI=1S/C21H25N7O2S/c1-5-6-12-28-15(14-10-8-7-9-11-14)13-31-20(28)24-23-19-22-17-16(25(19)2)18(29)27(4)21(30)26(17)3/h7-11,13H,5-6,12H2,1-4H3,(H,22,23)/b24-20-. The van der Waals surface area contributed by atoms with E-state index < -0.39 is 5.69 Å². The van der Waals surface area contributed by atoms with E-state index in [0.29, 0.717) is 17.1 Å². The number of nitrogens with zero attached hydrogens (tertiary/aromatic N) is 6. The molecule has 0 unspecified atom stereocenters. The first-order valence-corrected chi connectivity index (χ1v) is 11.0. The van der Waals surface area contributed by atoms with Crippen molar-refractivity contribution in [3.8, 4) is 11.3 Å². The molecular formula is C21H25N7O2S. The topological polar surface area (TPSA) is 91.1 Å². The molecule has 10 heteroatoms. The molecule has 3 heterocycles. The number of unbranched alkanes of at least 4 members (excludes halogenated alkanes) is 1. The van der Waals surface area contributed by atoms with Gasteiger partial charge in [0, 0.05) is 33.1 Å². The van der Waals surface area contributed by atoms with Gasteiger partial charge in [0.1, 0.15) is 0 Å². The van der Waals surface area contributed by atoms with Gasteiger partial charge in [-0.1, -0.05) is 43.7 Å². The van der Waals surface area contributed by atoms with Crippen LogP contribution in [0.1, 0.15) is 19.8 Å². The second kappa shape index (κ2) is 8.38. The van der Waals surface area contributed by atoms with Crippen LogP contribution < -0.4 is 21.5 Å². The molecule has 1 N–H and O–H groups in total. The van der Waals surface area contributed by atoms with Crippen molar-refractivity contribution in [1.82, 2.24) is 23.3 Å². The number of hydrogen-bond acceptors (Lipinski definition) is 6. The highest BCUT2D eigenvalue weighted by atomic mass is 32.1. The molecule has 4 aromatic rings. The fourth-order valence-corrected chi connectivity index (χ4v) is 4.40. The summed E-state index contributed by atoms with van der Waals surface area (Å²) >= 11 is 1.54. The van der Waals surface area contributed by atoms with Gasteiger partial charge in [-0.25, -0.2) is 10.2 Å². The number of fused-ring (bicyclic) bond motifs is 1. The number of thiazole rings is 1. The minimum atomic E-state index is -0.415. The van der Waals surface area contributed by atoms with Gasteiger partial charge in [-0.15, -0.1) is 16.4 Å². The second-order valence-electron chi connectivity index (χ2n) is 7.37. The molecular weight excluding hydrogens is 414 g/mol. The summed E-state index contributed by atoms with van der Waals surface area (Å²) < 4.78 is 6.26. The number of nitrogens with one attached hydrogen (secondary N) is 1. The maximum absolute atomic E-state index is 12.6. The zero-order chi connectivity index (χ0) is 22.1. The van der Waals surface area contributed by atoms with Crippen molar-refractivity contribution in [2.45, 2.75) is 26.3 Å². The van der Waals surface area contributed by atoms with Crippen LogP contribution in [0.5, 0.6) is 0 Å². The van der Waals surface area contributed by atoms with Gasteiger partial charge in [0.2, 0.25) is 10.7 Å². The summed E-state index contributed by atoms with van der Waals surface area (Å²) in [6.07, 6.45) is 2.11. The highest BCUT2D eigenvalue weighted by Gasteiger charge is 2.17. The van der Waals surface area contributed by atoms with Crippen molar-refractivity contribution in [1.29, 1.82) is 0 Å². The van der Waals surface area contributed by atoms with Crippen LogP contribution in [0.2, 0.25) is 0 Å². The lowest BCUT2D eigenvalue weighted by Crippen LogP contribution is -2.37. The Balaban J connectivity index is 1.80. The zero-order valence-electron chi connectivity index (χ0n) is 18.0. The molecule has 0 spiro atoms. The Hall–Kier alpha value is -3.40. The molecule has 0 fully saturated rings. The highest BCUT2D eigenvalue weighted by molar-refractivity contribution is 7.07. The van der Waals surface area contributed by atoms with Gasteiger partial charge < -0.3 is 9.13 Å². The summed E-state index contributed by atoms with van der Waals surface area (Å²) in [5.41, 5.74) is 5.11. The third kappa shape index (κ3) is 3.63. The first-order valence-electron chi connectivity index (χ1n) is 10.1. The van der Waals surface area contributed by atoms with E-state index >= 15 is 0 Å². The van der Waals surface area contributed by atoms with E-state index in [1.54, 1.807) is 30.0 Å². The van der Waals surface area contributed by atoms with Crippen LogP contribution in [0.25, 0.3) is 22.4 Å². The second-order valence-corrected chi connectivity index (χ2v) is 8.21. The molecule has 1 aromatic carbocycles. The molecule has 0 aliphatic heterocycles. The molecule has 0 aliphatic rings. The third-order valence-corrected chi connectivity index (χ3v) is 6.19. The van der Waals surface area contributed by atoms with Crippen LogP contribution >= 0.6 is 11.3 Å². The number of hydrogen-bond donors (Lipinski definition) is 1. The molecule has 0 radical (unpaired) electrons. The van der Waals surface area contributed by atoms with Crippen LogP contribution in [0.15, 0.2) is 50.4 Å². The summed E-state index contributed by atoms with van der Waals surface area (Å²) in [7, 11) is 4.79. The molecule has 0 aliphatic carbocycles. The number of imidazole rings is 1. The predicted octanol–water partition coefficient (Wildman–Crippen LogP) is 2.23. The van der Waals surface area contributed by atoms with E-state index in [9.17, 15) is 9.59 Å². The van der Waals surface area contributed by atoms with Gasteiger partial charge in [-0.3, -0.25) is 13.9 Å². The van der Waals surface area contributed by atoms with Crippen LogP contribution in [0.3, 0.4) is 0 Å². The van der Waals surface area contributed by atoms with Crippen LogP contribution in [0.4, 0.5) is 5.95 Å². The maximum atomic E-state index is 12.6. The normalized spacial score (nSPS) is 12.1. The van der Waals surface area contributed by atoms with Crippen molar-refractivity contribution >= 4 is 28.4 Å². The van der Waals surface area contributed by atoms with E-state index in [0.717, 1.165) is 40.0 Å². The molecule has 9 nitrogen and oxygen atoms in total. The van der Waals surface area contributed by atoms with Gasteiger partial charge in [0.05, 0.1) is 5.69 Å². The van der Waals surface area contributed by atoms with E-state index in [1.807, 2.05) is 18.2 Å². The van der Waals surface area contributed by atoms with Crippen molar-refractivity contribution in [2.24, 2.45) is 26.2 Å². The number of benzene rings is 1. The minimum absolute atomic E-state index is 0.323. The predicted molar refractivity (Wildman–Crippen MR) is 123 cm³/mol. The van der Waals surface area contributed by atoms with Crippen LogP contribution in [-0.4, -0.2) is 23.3 Å². The van der Waals surface area contributed by atoms with Crippen molar-refractivity contribution in [3.05, 3.63) is 61.4 Å². The lowest BCUT2D eigenvalue weighted by molar-refractivity contribution is 0.622. The molecule has 4 rings (SSSR count). The third-order valence-electron chi connectivity index (χ3n) is 5.33. The average molecular weight is 440 g/mol.